The molecule has 0 aliphatic carbocycles. The summed E-state index contributed by atoms with van der Waals surface area (Å²) in [5, 5.41) is 9.44. The van der Waals surface area contributed by atoms with Gasteiger partial charge in [0.15, 0.2) is 0 Å². The lowest BCUT2D eigenvalue weighted by Crippen LogP contribution is -1.96. The Balaban J connectivity index is 1.84. The highest BCUT2D eigenvalue weighted by molar-refractivity contribution is 5.61. The van der Waals surface area contributed by atoms with E-state index in [1.807, 2.05) is 67.6 Å². The van der Waals surface area contributed by atoms with E-state index in [2.05, 4.69) is 0 Å². The van der Waals surface area contributed by atoms with Crippen LogP contribution < -0.4 is 4.74 Å². The largest absolute Gasteiger partial charge is 0.489 e. The number of aliphatic hydroxyl groups is 1. The predicted molar refractivity (Wildman–Crippen MR) is 85.6 cm³/mol. The maximum Gasteiger partial charge on any atom is 0.134 e. The summed E-state index contributed by atoms with van der Waals surface area (Å²) in [4.78, 5) is 0. The topological polar surface area (TPSA) is 42.6 Å². The number of aliphatic hydroxyl groups excluding tert-OH is 1. The van der Waals surface area contributed by atoms with E-state index < -0.39 is 0 Å². The Morgan fingerprint density at radius 2 is 1.77 bits per heavy atom. The lowest BCUT2D eigenvalue weighted by Gasteiger charge is -2.10. The molecule has 22 heavy (non-hydrogen) atoms. The normalized spacial score (nSPS) is 10.6. The van der Waals surface area contributed by atoms with Crippen molar-refractivity contribution in [2.75, 3.05) is 0 Å². The van der Waals surface area contributed by atoms with Gasteiger partial charge in [0.2, 0.25) is 0 Å². The molecular formula is C19H18O3. The van der Waals surface area contributed by atoms with Crippen molar-refractivity contribution in [2.24, 2.45) is 0 Å². The summed E-state index contributed by atoms with van der Waals surface area (Å²) in [5.74, 6) is 2.35. The first-order chi connectivity index (χ1) is 10.7. The Bertz CT molecular complexity index is 744. The van der Waals surface area contributed by atoms with Gasteiger partial charge in [0.05, 0.1) is 6.61 Å². The third-order valence-electron chi connectivity index (χ3n) is 3.42. The summed E-state index contributed by atoms with van der Waals surface area (Å²) in [7, 11) is 0. The lowest BCUT2D eigenvalue weighted by atomic mass is 10.1. The van der Waals surface area contributed by atoms with Crippen LogP contribution in [0.25, 0.3) is 11.3 Å². The van der Waals surface area contributed by atoms with E-state index in [4.69, 9.17) is 9.15 Å². The van der Waals surface area contributed by atoms with Gasteiger partial charge in [-0.2, -0.15) is 0 Å². The molecular weight excluding hydrogens is 276 g/mol. The summed E-state index contributed by atoms with van der Waals surface area (Å²) in [6.45, 7) is 2.37. The molecule has 2 aromatic carbocycles. The van der Waals surface area contributed by atoms with E-state index in [0.29, 0.717) is 6.61 Å². The van der Waals surface area contributed by atoms with E-state index in [-0.39, 0.29) is 6.61 Å². The summed E-state index contributed by atoms with van der Waals surface area (Å²) in [6, 6.07) is 19.5. The molecule has 0 saturated heterocycles. The summed E-state index contributed by atoms with van der Waals surface area (Å²) < 4.78 is 11.5. The average Bonchev–Trinajstić information content (AvgIpc) is 3.00. The van der Waals surface area contributed by atoms with Gasteiger partial charge in [-0.3, -0.25) is 0 Å². The molecule has 3 heteroatoms. The average molecular weight is 294 g/mol. The Morgan fingerprint density at radius 3 is 2.45 bits per heavy atom. The Morgan fingerprint density at radius 1 is 0.955 bits per heavy atom. The molecule has 1 aromatic heterocycles. The molecule has 0 aliphatic rings. The van der Waals surface area contributed by atoms with Crippen molar-refractivity contribution >= 4 is 0 Å². The van der Waals surface area contributed by atoms with E-state index >= 15 is 0 Å². The summed E-state index contributed by atoms with van der Waals surface area (Å²) in [5.41, 5.74) is 2.81. The first-order valence-corrected chi connectivity index (χ1v) is 7.23. The van der Waals surface area contributed by atoms with Crippen LogP contribution in [0.4, 0.5) is 0 Å². The minimum Gasteiger partial charge on any atom is -0.489 e. The van der Waals surface area contributed by atoms with Gasteiger partial charge in [0, 0.05) is 5.56 Å². The van der Waals surface area contributed by atoms with Gasteiger partial charge >= 0.3 is 0 Å². The summed E-state index contributed by atoms with van der Waals surface area (Å²) >= 11 is 0. The van der Waals surface area contributed by atoms with Crippen LogP contribution in [0.5, 0.6) is 5.75 Å². The van der Waals surface area contributed by atoms with Gasteiger partial charge in [-0.1, -0.05) is 30.3 Å². The highest BCUT2D eigenvalue weighted by atomic mass is 16.5. The zero-order valence-corrected chi connectivity index (χ0v) is 12.5. The number of rotatable bonds is 5. The number of ether oxygens (including phenoxy) is 1. The quantitative estimate of drug-likeness (QED) is 0.761. The van der Waals surface area contributed by atoms with Gasteiger partial charge in [0.25, 0.3) is 0 Å². The van der Waals surface area contributed by atoms with Crippen LogP contribution in [-0.2, 0) is 13.2 Å². The van der Waals surface area contributed by atoms with Gasteiger partial charge in [-0.15, -0.1) is 0 Å². The smallest absolute Gasteiger partial charge is 0.134 e. The third kappa shape index (κ3) is 3.38. The number of benzene rings is 2. The van der Waals surface area contributed by atoms with Gasteiger partial charge < -0.3 is 14.3 Å². The van der Waals surface area contributed by atoms with E-state index in [1.165, 1.54) is 0 Å². The maximum absolute atomic E-state index is 9.44. The molecule has 0 radical (unpaired) electrons. The molecule has 0 atom stereocenters. The highest BCUT2D eigenvalue weighted by Crippen LogP contribution is 2.28. The molecule has 0 fully saturated rings. The molecule has 3 rings (SSSR count). The molecule has 0 aliphatic heterocycles. The summed E-state index contributed by atoms with van der Waals surface area (Å²) in [6.07, 6.45) is 0. The first-order valence-electron chi connectivity index (χ1n) is 7.23. The van der Waals surface area contributed by atoms with Crippen molar-refractivity contribution in [3.05, 3.63) is 77.6 Å². The van der Waals surface area contributed by atoms with Crippen molar-refractivity contribution in [3.63, 3.8) is 0 Å². The third-order valence-corrected chi connectivity index (χ3v) is 3.42. The van der Waals surface area contributed by atoms with Crippen LogP contribution in [0.2, 0.25) is 0 Å². The van der Waals surface area contributed by atoms with Crippen LogP contribution in [0.15, 0.2) is 65.1 Å². The molecule has 112 valence electrons. The lowest BCUT2D eigenvalue weighted by molar-refractivity contribution is 0.278. The standard InChI is InChI=1S/C19H18O3/c1-14-7-8-19(22-14)17-9-16(12-20)10-18(11-17)21-13-15-5-3-2-4-6-15/h2-11,20H,12-13H2,1H3. The zero-order chi connectivity index (χ0) is 15.4. The molecule has 0 spiro atoms. The Labute approximate surface area is 129 Å². The Kier molecular flexibility index (Phi) is 4.26. The predicted octanol–water partition coefficient (Wildman–Crippen LogP) is 4.33. The molecule has 3 nitrogen and oxygen atoms in total. The van der Waals surface area contributed by atoms with Crippen molar-refractivity contribution in [3.8, 4) is 17.1 Å². The SMILES string of the molecule is Cc1ccc(-c2cc(CO)cc(OCc3ccccc3)c2)o1. The van der Waals surface area contributed by atoms with Gasteiger partial charge in [-0.25, -0.2) is 0 Å². The van der Waals surface area contributed by atoms with Crippen LogP contribution in [0, 0.1) is 6.92 Å². The van der Waals surface area contributed by atoms with Crippen molar-refractivity contribution in [2.45, 2.75) is 20.1 Å². The monoisotopic (exact) mass is 294 g/mol. The molecule has 0 unspecified atom stereocenters. The number of aryl methyl sites for hydroxylation is 1. The van der Waals surface area contributed by atoms with Crippen LogP contribution in [0.1, 0.15) is 16.9 Å². The van der Waals surface area contributed by atoms with Crippen LogP contribution in [0.3, 0.4) is 0 Å². The zero-order valence-electron chi connectivity index (χ0n) is 12.5. The van der Waals surface area contributed by atoms with Crippen molar-refractivity contribution in [1.82, 2.24) is 0 Å². The van der Waals surface area contributed by atoms with Crippen molar-refractivity contribution in [1.29, 1.82) is 0 Å². The second-order valence-corrected chi connectivity index (χ2v) is 5.21. The minimum atomic E-state index is -0.0325. The minimum absolute atomic E-state index is 0.0325. The van der Waals surface area contributed by atoms with Crippen LogP contribution >= 0.6 is 0 Å². The molecule has 0 saturated carbocycles. The second-order valence-electron chi connectivity index (χ2n) is 5.21. The maximum atomic E-state index is 9.44. The number of hydrogen-bond acceptors (Lipinski definition) is 3. The fourth-order valence-corrected chi connectivity index (χ4v) is 2.31. The molecule has 3 aromatic rings. The second kappa shape index (κ2) is 6.50. The molecule has 1 heterocycles. The number of hydrogen-bond donors (Lipinski definition) is 1. The Hall–Kier alpha value is -2.52. The van der Waals surface area contributed by atoms with E-state index in [1.54, 1.807) is 0 Å². The highest BCUT2D eigenvalue weighted by Gasteiger charge is 2.07. The molecule has 0 amide bonds. The van der Waals surface area contributed by atoms with Gasteiger partial charge in [-0.05, 0) is 48.4 Å². The fraction of sp³-hybridized carbons (Fsp3) is 0.158. The van der Waals surface area contributed by atoms with Crippen molar-refractivity contribution < 1.29 is 14.3 Å². The number of furan rings is 1. The van der Waals surface area contributed by atoms with E-state index in [0.717, 1.165) is 34.0 Å². The molecule has 1 N–H and O–H groups in total. The fourth-order valence-electron chi connectivity index (χ4n) is 2.31. The van der Waals surface area contributed by atoms with Gasteiger partial charge in [0.1, 0.15) is 23.9 Å². The van der Waals surface area contributed by atoms with Crippen LogP contribution in [-0.4, -0.2) is 5.11 Å². The first kappa shape index (κ1) is 14.4. The van der Waals surface area contributed by atoms with E-state index in [9.17, 15) is 5.11 Å². The molecule has 0 bridgehead atoms.